The molecular weight excluding hydrogens is 645 g/mol. The van der Waals surface area contributed by atoms with E-state index in [1.165, 1.54) is 5.56 Å². The van der Waals surface area contributed by atoms with Crippen LogP contribution in [0.2, 0.25) is 0 Å². The summed E-state index contributed by atoms with van der Waals surface area (Å²) in [7, 11) is 0. The second kappa shape index (κ2) is 12.6. The standard InChI is InChI=1S/C49H32N4/c1-31-28-43(33-14-7-3-8-15-33)41-22-23-42-44(34-16-9-4-10-17-34)30-45(53-49(42)48(41)52-31)36-19-11-18-35(29-36)38-25-27-51-47-40(38)21-20-39-37(24-26-50-46(39)47)32-12-5-2-6-13-32/h2-30H,1H3. The van der Waals surface area contributed by atoms with Gasteiger partial charge in [-0.25, -0.2) is 4.98 Å². The number of pyridine rings is 4. The highest BCUT2D eigenvalue weighted by molar-refractivity contribution is 6.14. The molecular formula is C49H32N4. The lowest BCUT2D eigenvalue weighted by Crippen LogP contribution is -1.95. The van der Waals surface area contributed by atoms with Crippen LogP contribution in [0.3, 0.4) is 0 Å². The zero-order valence-corrected chi connectivity index (χ0v) is 29.0. The van der Waals surface area contributed by atoms with Crippen molar-refractivity contribution in [3.05, 3.63) is 182 Å². The van der Waals surface area contributed by atoms with E-state index < -0.39 is 0 Å². The highest BCUT2D eigenvalue weighted by Gasteiger charge is 2.17. The molecule has 0 atom stereocenters. The third kappa shape index (κ3) is 5.31. The van der Waals surface area contributed by atoms with E-state index in [0.717, 1.165) is 99.5 Å². The fourth-order valence-electron chi connectivity index (χ4n) is 7.76. The van der Waals surface area contributed by atoms with Crippen molar-refractivity contribution in [2.24, 2.45) is 0 Å². The van der Waals surface area contributed by atoms with E-state index in [-0.39, 0.29) is 0 Å². The van der Waals surface area contributed by atoms with Crippen LogP contribution in [0.4, 0.5) is 0 Å². The van der Waals surface area contributed by atoms with E-state index in [9.17, 15) is 0 Å². The molecule has 53 heavy (non-hydrogen) atoms. The van der Waals surface area contributed by atoms with Gasteiger partial charge in [-0.2, -0.15) is 0 Å². The molecule has 4 nitrogen and oxygen atoms in total. The van der Waals surface area contributed by atoms with E-state index in [1.54, 1.807) is 0 Å². The molecule has 4 aromatic heterocycles. The molecule has 0 bridgehead atoms. The smallest absolute Gasteiger partial charge is 0.0978 e. The van der Waals surface area contributed by atoms with Crippen LogP contribution in [0, 0.1) is 6.92 Å². The number of benzene rings is 6. The Hall–Kier alpha value is -7.04. The number of aryl methyl sites for hydroxylation is 1. The molecule has 0 unspecified atom stereocenters. The molecule has 0 radical (unpaired) electrons. The van der Waals surface area contributed by atoms with Crippen molar-refractivity contribution in [1.82, 2.24) is 19.9 Å². The first-order chi connectivity index (χ1) is 26.2. The Morgan fingerprint density at radius 3 is 1.32 bits per heavy atom. The van der Waals surface area contributed by atoms with Crippen LogP contribution in [0.1, 0.15) is 5.69 Å². The topological polar surface area (TPSA) is 51.6 Å². The van der Waals surface area contributed by atoms with Crippen LogP contribution in [0.25, 0.3) is 99.4 Å². The normalized spacial score (nSPS) is 11.5. The average Bonchev–Trinajstić information content (AvgIpc) is 3.23. The van der Waals surface area contributed by atoms with Gasteiger partial charge in [0.15, 0.2) is 0 Å². The van der Waals surface area contributed by atoms with E-state index in [1.807, 2.05) is 18.5 Å². The second-order valence-corrected chi connectivity index (χ2v) is 13.5. The first-order valence-electron chi connectivity index (χ1n) is 17.9. The number of nitrogens with zero attached hydrogens (tertiary/aromatic N) is 4. The van der Waals surface area contributed by atoms with Crippen molar-refractivity contribution in [2.75, 3.05) is 0 Å². The van der Waals surface area contributed by atoms with Gasteiger partial charge in [-0.3, -0.25) is 15.0 Å². The van der Waals surface area contributed by atoms with Crippen molar-refractivity contribution >= 4 is 43.6 Å². The van der Waals surface area contributed by atoms with Crippen molar-refractivity contribution in [3.8, 4) is 55.8 Å². The minimum Gasteiger partial charge on any atom is -0.254 e. The summed E-state index contributed by atoms with van der Waals surface area (Å²) >= 11 is 0. The third-order valence-electron chi connectivity index (χ3n) is 10.2. The summed E-state index contributed by atoms with van der Waals surface area (Å²) in [4.78, 5) is 20.3. The maximum Gasteiger partial charge on any atom is 0.0978 e. The molecule has 0 amide bonds. The van der Waals surface area contributed by atoms with Crippen LogP contribution in [0.15, 0.2) is 176 Å². The summed E-state index contributed by atoms with van der Waals surface area (Å²) in [6.07, 6.45) is 3.78. The number of hydrogen-bond donors (Lipinski definition) is 0. The first kappa shape index (κ1) is 30.8. The van der Waals surface area contributed by atoms with Gasteiger partial charge in [0.2, 0.25) is 0 Å². The predicted molar refractivity (Wildman–Crippen MR) is 220 cm³/mol. The number of rotatable bonds is 5. The van der Waals surface area contributed by atoms with Gasteiger partial charge in [0.25, 0.3) is 0 Å². The predicted octanol–water partition coefficient (Wildman–Crippen LogP) is 12.5. The molecule has 4 heteroatoms. The quantitative estimate of drug-likeness (QED) is 0.170. The fourth-order valence-corrected chi connectivity index (χ4v) is 7.76. The number of hydrogen-bond acceptors (Lipinski definition) is 4. The molecule has 248 valence electrons. The van der Waals surface area contributed by atoms with Gasteiger partial charge in [-0.15, -0.1) is 0 Å². The van der Waals surface area contributed by atoms with Crippen molar-refractivity contribution < 1.29 is 0 Å². The Kier molecular flexibility index (Phi) is 7.33. The summed E-state index contributed by atoms with van der Waals surface area (Å²) in [6.45, 7) is 2.07. The molecule has 0 aliphatic carbocycles. The van der Waals surface area contributed by atoms with Crippen molar-refractivity contribution in [1.29, 1.82) is 0 Å². The van der Waals surface area contributed by atoms with Gasteiger partial charge < -0.3 is 0 Å². The van der Waals surface area contributed by atoms with E-state index in [0.29, 0.717) is 0 Å². The summed E-state index contributed by atoms with van der Waals surface area (Å²) in [6, 6.07) is 57.6. The highest BCUT2D eigenvalue weighted by Crippen LogP contribution is 2.40. The Bertz CT molecular complexity index is 2990. The zero-order valence-electron chi connectivity index (χ0n) is 29.0. The molecule has 4 heterocycles. The van der Waals surface area contributed by atoms with Crippen LogP contribution in [0.5, 0.6) is 0 Å². The SMILES string of the molecule is Cc1cc(-c2ccccc2)c2ccc3c(-c4ccccc4)cc(-c4cccc(-c5ccnc6c5ccc5c(-c7ccccc7)ccnc56)c4)nc3c2n1. The van der Waals surface area contributed by atoms with E-state index in [2.05, 4.69) is 165 Å². The highest BCUT2D eigenvalue weighted by atomic mass is 14.8. The molecule has 10 rings (SSSR count). The lowest BCUT2D eigenvalue weighted by Gasteiger charge is -2.15. The monoisotopic (exact) mass is 676 g/mol. The van der Waals surface area contributed by atoms with Gasteiger partial charge in [0.1, 0.15) is 0 Å². The Morgan fingerprint density at radius 2 is 0.755 bits per heavy atom. The van der Waals surface area contributed by atoms with Gasteiger partial charge >= 0.3 is 0 Å². The van der Waals surface area contributed by atoms with Crippen molar-refractivity contribution in [3.63, 3.8) is 0 Å². The molecule has 0 saturated carbocycles. The Morgan fingerprint density at radius 1 is 0.321 bits per heavy atom. The first-order valence-corrected chi connectivity index (χ1v) is 17.9. The zero-order chi connectivity index (χ0) is 35.3. The molecule has 0 N–H and O–H groups in total. The minimum absolute atomic E-state index is 0.889. The molecule has 0 spiro atoms. The molecule has 0 aliphatic heterocycles. The largest absolute Gasteiger partial charge is 0.254 e. The van der Waals surface area contributed by atoms with Crippen LogP contribution in [-0.2, 0) is 0 Å². The van der Waals surface area contributed by atoms with Gasteiger partial charge in [0, 0.05) is 45.2 Å². The summed E-state index contributed by atoms with van der Waals surface area (Å²) < 4.78 is 0. The summed E-state index contributed by atoms with van der Waals surface area (Å²) in [5, 5.41) is 4.32. The molecule has 6 aromatic carbocycles. The maximum atomic E-state index is 5.43. The molecule has 10 aromatic rings. The summed E-state index contributed by atoms with van der Waals surface area (Å²) in [5.41, 5.74) is 15.6. The van der Waals surface area contributed by atoms with Gasteiger partial charge in [-0.05, 0) is 81.8 Å². The average molecular weight is 677 g/mol. The van der Waals surface area contributed by atoms with Crippen LogP contribution in [-0.4, -0.2) is 19.9 Å². The second-order valence-electron chi connectivity index (χ2n) is 13.5. The third-order valence-corrected chi connectivity index (χ3v) is 10.2. The molecule has 0 saturated heterocycles. The molecule has 0 fully saturated rings. The van der Waals surface area contributed by atoms with Crippen LogP contribution < -0.4 is 0 Å². The Balaban J connectivity index is 1.17. The van der Waals surface area contributed by atoms with Crippen LogP contribution >= 0.6 is 0 Å². The van der Waals surface area contributed by atoms with E-state index >= 15 is 0 Å². The lowest BCUT2D eigenvalue weighted by molar-refractivity contribution is 1.25. The van der Waals surface area contributed by atoms with Gasteiger partial charge in [-0.1, -0.05) is 133 Å². The summed E-state index contributed by atoms with van der Waals surface area (Å²) in [5.74, 6) is 0. The maximum absolute atomic E-state index is 5.43. The van der Waals surface area contributed by atoms with E-state index in [4.69, 9.17) is 19.9 Å². The van der Waals surface area contributed by atoms with Crippen molar-refractivity contribution in [2.45, 2.75) is 6.92 Å². The fraction of sp³-hybridized carbons (Fsp3) is 0.0204. The molecule has 0 aliphatic rings. The number of aromatic nitrogens is 4. The Labute approximate surface area is 307 Å². The minimum atomic E-state index is 0.889. The lowest BCUT2D eigenvalue weighted by atomic mass is 9.93. The van der Waals surface area contributed by atoms with Gasteiger partial charge in [0.05, 0.1) is 27.8 Å². The number of fused-ring (bicyclic) bond motifs is 6.